The number of H-pyrrole nitrogens is 1. The van der Waals surface area contributed by atoms with Crippen LogP contribution in [0.4, 0.5) is 0 Å². The average Bonchev–Trinajstić information content (AvgIpc) is 3.82. The number of aliphatic carboxylic acids is 1. The Labute approximate surface area is 337 Å². The van der Waals surface area contributed by atoms with Gasteiger partial charge < -0.3 is 58.4 Å². The van der Waals surface area contributed by atoms with Gasteiger partial charge in [-0.3, -0.25) is 33.8 Å². The van der Waals surface area contributed by atoms with Crippen molar-refractivity contribution in [3.63, 3.8) is 0 Å². The Bertz CT molecular complexity index is 1840. The number of para-hydroxylation sites is 1. The molecule has 0 spiro atoms. The molecule has 0 unspecified atom stereocenters. The van der Waals surface area contributed by atoms with Crippen LogP contribution in [0, 0.1) is 5.41 Å². The van der Waals surface area contributed by atoms with Crippen LogP contribution in [0.1, 0.15) is 77.7 Å². The zero-order valence-corrected chi connectivity index (χ0v) is 33.7. The number of aliphatic imine (C=N–C) groups is 1. The first kappa shape index (κ1) is 45.0. The molecule has 1 aromatic heterocycles. The van der Waals surface area contributed by atoms with Crippen molar-refractivity contribution in [1.29, 1.82) is 0 Å². The van der Waals surface area contributed by atoms with Crippen LogP contribution in [-0.4, -0.2) is 125 Å². The van der Waals surface area contributed by atoms with E-state index < -0.39 is 89.5 Å². The number of benzene rings is 1. The lowest BCUT2D eigenvalue weighted by Gasteiger charge is -2.33. The second kappa shape index (κ2) is 20.6. The van der Waals surface area contributed by atoms with E-state index in [9.17, 15) is 38.7 Å². The van der Waals surface area contributed by atoms with Crippen molar-refractivity contribution in [2.75, 3.05) is 26.7 Å². The number of rotatable bonds is 10. The molecule has 19 nitrogen and oxygen atoms in total. The van der Waals surface area contributed by atoms with Crippen LogP contribution in [-0.2, 0) is 40.0 Å². The van der Waals surface area contributed by atoms with Gasteiger partial charge in [-0.05, 0) is 69.0 Å². The third-order valence-electron chi connectivity index (χ3n) is 10.5. The van der Waals surface area contributed by atoms with Crippen molar-refractivity contribution >= 4 is 58.3 Å². The molecule has 2 aromatic rings. The van der Waals surface area contributed by atoms with Gasteiger partial charge in [-0.25, -0.2) is 4.79 Å². The number of nitrogens with two attached hydrogens (primary N) is 2. The lowest BCUT2D eigenvalue weighted by Crippen LogP contribution is -2.61. The Morgan fingerprint density at radius 2 is 1.72 bits per heavy atom. The number of likely N-dealkylation sites (N-methyl/N-ethyl adjacent to an activating group) is 1. The molecule has 19 heteroatoms. The highest BCUT2D eigenvalue weighted by Crippen LogP contribution is 2.24. The molecule has 0 saturated carbocycles. The number of fused-ring (bicyclic) bond motifs is 2. The molecular formula is C39H59N11O8. The number of hydrogen-bond donors (Lipinski definition) is 10. The number of carboxylic acids is 1. The summed E-state index contributed by atoms with van der Waals surface area (Å²) in [5.41, 5.74) is 11.4. The van der Waals surface area contributed by atoms with Crippen molar-refractivity contribution in [2.24, 2.45) is 21.9 Å². The Balaban J connectivity index is 1.67. The number of carboxylic acid groups (broad SMARTS) is 1. The summed E-state index contributed by atoms with van der Waals surface area (Å²) >= 11 is 0. The molecule has 2 aliphatic heterocycles. The van der Waals surface area contributed by atoms with Crippen molar-refractivity contribution in [3.05, 3.63) is 36.0 Å². The number of guanidine groups is 1. The Kier molecular flexibility index (Phi) is 16.0. The van der Waals surface area contributed by atoms with Gasteiger partial charge in [0, 0.05) is 43.2 Å². The summed E-state index contributed by atoms with van der Waals surface area (Å²) < 4.78 is 0. The first-order valence-electron chi connectivity index (χ1n) is 19.8. The Morgan fingerprint density at radius 1 is 0.983 bits per heavy atom. The zero-order chi connectivity index (χ0) is 42.6. The molecular weight excluding hydrogens is 750 g/mol. The summed E-state index contributed by atoms with van der Waals surface area (Å²) in [6, 6.07) is 0.645. The number of carbonyl (C=O) groups excluding carboxylic acids is 6. The maximum Gasteiger partial charge on any atom is 0.326 e. The van der Waals surface area contributed by atoms with E-state index in [4.69, 9.17) is 11.5 Å². The van der Waals surface area contributed by atoms with Gasteiger partial charge in [0.15, 0.2) is 5.96 Å². The first-order chi connectivity index (χ1) is 27.5. The van der Waals surface area contributed by atoms with Crippen molar-refractivity contribution in [3.8, 4) is 0 Å². The van der Waals surface area contributed by atoms with E-state index in [2.05, 4.69) is 41.9 Å². The number of hydrogen-bond acceptors (Lipinski definition) is 9. The minimum atomic E-state index is -1.60. The average molecular weight is 810 g/mol. The summed E-state index contributed by atoms with van der Waals surface area (Å²) in [5.74, 6) is -5.14. The van der Waals surface area contributed by atoms with Gasteiger partial charge in [0.2, 0.25) is 35.4 Å². The number of carbonyl (C=O) groups is 7. The molecule has 0 radical (unpaired) electrons. The minimum absolute atomic E-state index is 0.00588. The van der Waals surface area contributed by atoms with Gasteiger partial charge in [0.25, 0.3) is 0 Å². The zero-order valence-electron chi connectivity index (χ0n) is 33.7. The van der Waals surface area contributed by atoms with Crippen LogP contribution in [0.15, 0.2) is 35.5 Å². The van der Waals surface area contributed by atoms with Gasteiger partial charge in [-0.15, -0.1) is 0 Å². The van der Waals surface area contributed by atoms with E-state index >= 15 is 0 Å². The van der Waals surface area contributed by atoms with E-state index in [1.54, 1.807) is 34.0 Å². The topological polar surface area (TPSA) is 295 Å². The van der Waals surface area contributed by atoms with Gasteiger partial charge in [0.1, 0.15) is 30.2 Å². The monoisotopic (exact) mass is 809 g/mol. The second-order valence-corrected chi connectivity index (χ2v) is 15.9. The SMILES string of the molecule is CN[C@@H](CCCN=C(N)N)C(=O)N[C@H]1CCCCNC(=O)C[C@@H](C(=O)O)NC(=O)[C@H](C(C)(C)C)NC(=O)[C@H](Cc2c[nH]c3ccccc23)NC(=O)[C@@H]2CCCN2C1=O. The van der Waals surface area contributed by atoms with Crippen LogP contribution in [0.5, 0.6) is 0 Å². The molecule has 12 N–H and O–H groups in total. The van der Waals surface area contributed by atoms with Gasteiger partial charge in [0.05, 0.1) is 12.5 Å². The van der Waals surface area contributed by atoms with Crippen LogP contribution < -0.4 is 43.4 Å². The van der Waals surface area contributed by atoms with E-state index in [1.165, 1.54) is 4.90 Å². The molecule has 0 aliphatic carbocycles. The lowest BCUT2D eigenvalue weighted by molar-refractivity contribution is -0.144. The van der Waals surface area contributed by atoms with Gasteiger partial charge in [-0.2, -0.15) is 0 Å². The number of amides is 6. The maximum atomic E-state index is 14.3. The van der Waals surface area contributed by atoms with E-state index in [1.807, 2.05) is 24.3 Å². The molecule has 6 atom stereocenters. The van der Waals surface area contributed by atoms with Gasteiger partial charge >= 0.3 is 5.97 Å². The lowest BCUT2D eigenvalue weighted by atomic mass is 9.85. The van der Waals surface area contributed by atoms with Crippen molar-refractivity contribution in [2.45, 2.75) is 115 Å². The predicted molar refractivity (Wildman–Crippen MR) is 216 cm³/mol. The highest BCUT2D eigenvalue weighted by atomic mass is 16.4. The van der Waals surface area contributed by atoms with Crippen LogP contribution in [0.3, 0.4) is 0 Å². The smallest absolute Gasteiger partial charge is 0.326 e. The number of aromatic amines is 1. The molecule has 0 bridgehead atoms. The molecule has 3 heterocycles. The number of aromatic nitrogens is 1. The standard InChI is InChI=1S/C39H59N11O8/c1-39(2,3)31-35(55)48-28(37(57)58)20-30(51)43-16-8-7-13-26(46-32(52)25(42-4)14-9-17-44-38(40)41)36(56)50-18-10-15-29(50)34(54)47-27(33(53)49-31)19-22-21-45-24-12-6-5-11-23(22)24/h5-6,11-12,21,25-29,31,42,45H,7-10,13-20H2,1-4H3,(H,43,51)(H,46,52)(H,47,54)(H,48,55)(H,49,53)(H,57,58)(H4,40,41,44)/t25-,26-,27-,28-,29-,31+/m0/s1. The van der Waals surface area contributed by atoms with Crippen LogP contribution >= 0.6 is 0 Å². The Morgan fingerprint density at radius 3 is 2.41 bits per heavy atom. The third kappa shape index (κ3) is 12.4. The molecule has 6 amide bonds. The highest BCUT2D eigenvalue weighted by molar-refractivity contribution is 5.98. The quantitative estimate of drug-likeness (QED) is 0.0798. The van der Waals surface area contributed by atoms with E-state index in [-0.39, 0.29) is 31.9 Å². The van der Waals surface area contributed by atoms with Crippen LogP contribution in [0.25, 0.3) is 10.9 Å². The first-order valence-corrected chi connectivity index (χ1v) is 19.8. The fourth-order valence-electron chi connectivity index (χ4n) is 7.27. The fraction of sp³-hybridized carbons (Fsp3) is 0.590. The van der Waals surface area contributed by atoms with Crippen molar-refractivity contribution < 1.29 is 38.7 Å². The predicted octanol–water partition coefficient (Wildman–Crippen LogP) is -0.897. The molecule has 58 heavy (non-hydrogen) atoms. The third-order valence-corrected chi connectivity index (χ3v) is 10.5. The molecule has 2 fully saturated rings. The Hall–Kier alpha value is -5.72. The molecule has 2 aliphatic rings. The summed E-state index contributed by atoms with van der Waals surface area (Å²) in [7, 11) is 1.62. The molecule has 318 valence electrons. The molecule has 4 rings (SSSR count). The summed E-state index contributed by atoms with van der Waals surface area (Å²) in [4.78, 5) is 104. The van der Waals surface area contributed by atoms with Gasteiger partial charge in [-0.1, -0.05) is 39.0 Å². The second-order valence-electron chi connectivity index (χ2n) is 15.9. The summed E-state index contributed by atoms with van der Waals surface area (Å²) in [6.07, 6.45) is 3.74. The normalized spacial score (nSPS) is 23.8. The van der Waals surface area contributed by atoms with E-state index in [0.717, 1.165) is 10.9 Å². The molecule has 2 saturated heterocycles. The van der Waals surface area contributed by atoms with Crippen molar-refractivity contribution in [1.82, 2.24) is 41.8 Å². The molecule has 1 aromatic carbocycles. The maximum absolute atomic E-state index is 14.3. The number of nitrogens with one attached hydrogen (secondary N) is 7. The minimum Gasteiger partial charge on any atom is -0.480 e. The summed E-state index contributed by atoms with van der Waals surface area (Å²) in [6.45, 7) is 5.74. The number of nitrogens with zero attached hydrogens (tertiary/aromatic N) is 2. The van der Waals surface area contributed by atoms with Crippen LogP contribution in [0.2, 0.25) is 0 Å². The van der Waals surface area contributed by atoms with E-state index in [0.29, 0.717) is 50.6 Å². The summed E-state index contributed by atoms with van der Waals surface area (Å²) in [5, 5.41) is 27.3. The highest BCUT2D eigenvalue weighted by Gasteiger charge is 2.41. The fourth-order valence-corrected chi connectivity index (χ4v) is 7.27. The largest absolute Gasteiger partial charge is 0.480 e.